The molecule has 0 aromatic carbocycles. The number of hydrogen-bond donors (Lipinski definition) is 1. The second-order valence-electron chi connectivity index (χ2n) is 4.19. The summed E-state index contributed by atoms with van der Waals surface area (Å²) in [5, 5.41) is 3.33. The molecule has 4 heteroatoms. The summed E-state index contributed by atoms with van der Waals surface area (Å²) in [5.74, 6) is -0.0286. The molecule has 1 fully saturated rings. The summed E-state index contributed by atoms with van der Waals surface area (Å²) in [5.41, 5.74) is 2.98. The van der Waals surface area contributed by atoms with Crippen molar-refractivity contribution in [2.24, 2.45) is 0 Å². The lowest BCUT2D eigenvalue weighted by Gasteiger charge is -2.21. The lowest BCUT2D eigenvalue weighted by molar-refractivity contribution is -0.142. The number of esters is 1. The van der Waals surface area contributed by atoms with Gasteiger partial charge in [-0.15, -0.1) is 0 Å². The normalized spacial score (nSPS) is 32.6. The second-order valence-corrected chi connectivity index (χ2v) is 4.19. The number of nitrogens with one attached hydrogen (secondary N) is 1. The first-order valence-electron chi connectivity index (χ1n) is 5.16. The number of carbonyl (C=O) groups is 1. The van der Waals surface area contributed by atoms with Gasteiger partial charge in [0.15, 0.2) is 0 Å². The molecule has 76 valence electrons. The summed E-state index contributed by atoms with van der Waals surface area (Å²) >= 11 is 0. The van der Waals surface area contributed by atoms with Crippen LogP contribution in [0.2, 0.25) is 0 Å². The number of hydrogen-bond acceptors (Lipinski definition) is 4. The van der Waals surface area contributed by atoms with Crippen molar-refractivity contribution in [2.75, 3.05) is 32.8 Å². The third kappa shape index (κ3) is 1.18. The molecule has 4 nitrogen and oxygen atoms in total. The van der Waals surface area contributed by atoms with Gasteiger partial charge in [-0.2, -0.15) is 0 Å². The third-order valence-corrected chi connectivity index (χ3v) is 3.31. The molecule has 0 saturated carbocycles. The highest BCUT2D eigenvalue weighted by molar-refractivity contribution is 5.77. The van der Waals surface area contributed by atoms with E-state index in [-0.39, 0.29) is 12.0 Å². The van der Waals surface area contributed by atoms with E-state index in [9.17, 15) is 4.79 Å². The van der Waals surface area contributed by atoms with Crippen molar-refractivity contribution in [1.29, 1.82) is 0 Å². The smallest absolute Gasteiger partial charge is 0.323 e. The maximum Gasteiger partial charge on any atom is 0.323 e. The maximum absolute atomic E-state index is 11.4. The fraction of sp³-hybridized carbons (Fsp3) is 0.700. The Hall–Kier alpha value is -0.870. The number of ether oxygens (including phenoxy) is 1. The lowest BCUT2D eigenvalue weighted by atomic mass is 10.2. The van der Waals surface area contributed by atoms with Gasteiger partial charge in [-0.05, 0) is 11.1 Å². The van der Waals surface area contributed by atoms with E-state index < -0.39 is 0 Å². The zero-order valence-corrected chi connectivity index (χ0v) is 8.08. The van der Waals surface area contributed by atoms with Crippen LogP contribution in [-0.2, 0) is 9.53 Å². The molecule has 0 aliphatic carbocycles. The highest BCUT2D eigenvalue weighted by Crippen LogP contribution is 2.25. The fourth-order valence-electron chi connectivity index (χ4n) is 2.53. The molecule has 3 aliphatic rings. The minimum absolute atomic E-state index is 0.0283. The van der Waals surface area contributed by atoms with Gasteiger partial charge in [-0.25, -0.2) is 0 Å². The molecule has 0 aromatic rings. The van der Waals surface area contributed by atoms with Crippen LogP contribution < -0.4 is 5.32 Å². The van der Waals surface area contributed by atoms with Crippen molar-refractivity contribution in [2.45, 2.75) is 12.5 Å². The zero-order valence-electron chi connectivity index (χ0n) is 8.08. The van der Waals surface area contributed by atoms with Gasteiger partial charge in [-0.3, -0.25) is 9.69 Å². The van der Waals surface area contributed by atoms with E-state index in [1.54, 1.807) is 0 Å². The zero-order chi connectivity index (χ0) is 9.54. The topological polar surface area (TPSA) is 41.6 Å². The summed E-state index contributed by atoms with van der Waals surface area (Å²) in [6.45, 7) is 4.54. The van der Waals surface area contributed by atoms with Crippen molar-refractivity contribution >= 4 is 5.97 Å². The average Bonchev–Trinajstić information content (AvgIpc) is 2.75. The molecule has 0 radical (unpaired) electrons. The van der Waals surface area contributed by atoms with Crippen molar-refractivity contribution in [3.8, 4) is 0 Å². The predicted octanol–water partition coefficient (Wildman–Crippen LogP) is -0.483. The highest BCUT2D eigenvalue weighted by atomic mass is 16.5. The Morgan fingerprint density at radius 1 is 1.29 bits per heavy atom. The first-order valence-corrected chi connectivity index (χ1v) is 5.16. The third-order valence-electron chi connectivity index (χ3n) is 3.31. The first-order chi connectivity index (χ1) is 6.84. The summed E-state index contributed by atoms with van der Waals surface area (Å²) in [6.07, 6.45) is 0.868. The van der Waals surface area contributed by atoms with Crippen LogP contribution in [0.4, 0.5) is 0 Å². The molecule has 0 spiro atoms. The van der Waals surface area contributed by atoms with E-state index in [1.165, 1.54) is 11.1 Å². The highest BCUT2D eigenvalue weighted by Gasteiger charge is 2.37. The summed E-state index contributed by atoms with van der Waals surface area (Å²) < 4.78 is 4.99. The molecule has 3 heterocycles. The fourth-order valence-corrected chi connectivity index (χ4v) is 2.53. The van der Waals surface area contributed by atoms with E-state index in [0.717, 1.165) is 32.6 Å². The quantitative estimate of drug-likeness (QED) is 0.452. The summed E-state index contributed by atoms with van der Waals surface area (Å²) in [4.78, 5) is 13.6. The molecule has 0 bridgehead atoms. The van der Waals surface area contributed by atoms with Crippen LogP contribution in [0.3, 0.4) is 0 Å². The van der Waals surface area contributed by atoms with Crippen LogP contribution in [0.1, 0.15) is 6.42 Å². The minimum atomic E-state index is -0.0286. The van der Waals surface area contributed by atoms with Crippen LogP contribution in [0, 0.1) is 0 Å². The SMILES string of the molecule is O=C1OCCC1N1CC2=C(CNC2)C1. The Kier molecular flexibility index (Phi) is 1.85. The predicted molar refractivity (Wildman–Crippen MR) is 50.8 cm³/mol. The van der Waals surface area contributed by atoms with Gasteiger partial charge < -0.3 is 10.1 Å². The molecule has 0 amide bonds. The molecule has 1 atom stereocenters. The van der Waals surface area contributed by atoms with E-state index in [4.69, 9.17) is 4.74 Å². The van der Waals surface area contributed by atoms with E-state index in [0.29, 0.717) is 6.61 Å². The summed E-state index contributed by atoms with van der Waals surface area (Å²) in [6, 6.07) is 0.0283. The van der Waals surface area contributed by atoms with Crippen molar-refractivity contribution in [3.63, 3.8) is 0 Å². The number of cyclic esters (lactones) is 1. The van der Waals surface area contributed by atoms with Gasteiger partial charge in [0.1, 0.15) is 6.04 Å². The van der Waals surface area contributed by atoms with Gasteiger partial charge in [0.25, 0.3) is 0 Å². The Bertz CT molecular complexity index is 295. The number of nitrogens with zero attached hydrogens (tertiary/aromatic N) is 1. The molecule has 14 heavy (non-hydrogen) atoms. The molecule has 3 rings (SSSR count). The Labute approximate surface area is 82.9 Å². The van der Waals surface area contributed by atoms with Gasteiger partial charge >= 0.3 is 5.97 Å². The van der Waals surface area contributed by atoms with Crippen LogP contribution in [0.25, 0.3) is 0 Å². The van der Waals surface area contributed by atoms with Crippen molar-refractivity contribution < 1.29 is 9.53 Å². The Morgan fingerprint density at radius 3 is 2.57 bits per heavy atom. The first kappa shape index (κ1) is 8.44. The van der Waals surface area contributed by atoms with E-state index in [1.807, 2.05) is 0 Å². The van der Waals surface area contributed by atoms with Crippen LogP contribution in [0.15, 0.2) is 11.1 Å². The lowest BCUT2D eigenvalue weighted by Crippen LogP contribution is -2.39. The monoisotopic (exact) mass is 194 g/mol. The Morgan fingerprint density at radius 2 is 2.00 bits per heavy atom. The van der Waals surface area contributed by atoms with Crippen molar-refractivity contribution in [3.05, 3.63) is 11.1 Å². The van der Waals surface area contributed by atoms with Crippen molar-refractivity contribution in [1.82, 2.24) is 10.2 Å². The standard InChI is InChI=1S/C10H14N2O2/c13-10-9(1-2-14-10)12-5-7-3-11-4-8(7)6-12/h9,11H,1-6H2. The maximum atomic E-state index is 11.4. The summed E-state index contributed by atoms with van der Waals surface area (Å²) in [7, 11) is 0. The average molecular weight is 194 g/mol. The largest absolute Gasteiger partial charge is 0.464 e. The van der Waals surface area contributed by atoms with Gasteiger partial charge in [-0.1, -0.05) is 0 Å². The Balaban J connectivity index is 1.70. The molecular weight excluding hydrogens is 180 g/mol. The molecule has 0 aromatic heterocycles. The number of carbonyl (C=O) groups excluding carboxylic acids is 1. The van der Waals surface area contributed by atoms with Crippen LogP contribution in [0.5, 0.6) is 0 Å². The minimum Gasteiger partial charge on any atom is -0.464 e. The molecule has 1 unspecified atom stereocenters. The molecular formula is C10H14N2O2. The molecule has 1 N–H and O–H groups in total. The van der Waals surface area contributed by atoms with Crippen LogP contribution >= 0.6 is 0 Å². The molecule has 1 saturated heterocycles. The van der Waals surface area contributed by atoms with E-state index in [2.05, 4.69) is 10.2 Å². The van der Waals surface area contributed by atoms with Gasteiger partial charge in [0.05, 0.1) is 6.61 Å². The van der Waals surface area contributed by atoms with E-state index >= 15 is 0 Å². The van der Waals surface area contributed by atoms with Crippen LogP contribution in [-0.4, -0.2) is 49.7 Å². The molecule has 3 aliphatic heterocycles. The number of rotatable bonds is 1. The van der Waals surface area contributed by atoms with Gasteiger partial charge in [0.2, 0.25) is 0 Å². The second kappa shape index (κ2) is 3.07. The van der Waals surface area contributed by atoms with Gasteiger partial charge in [0, 0.05) is 32.6 Å².